The second-order valence-corrected chi connectivity index (χ2v) is 11.5. The van der Waals surface area contributed by atoms with E-state index < -0.39 is 41.6 Å². The summed E-state index contributed by atoms with van der Waals surface area (Å²) in [4.78, 5) is 43.2. The molecule has 0 spiro atoms. The van der Waals surface area contributed by atoms with E-state index in [0.29, 0.717) is 28.8 Å². The zero-order valence-corrected chi connectivity index (χ0v) is 25.7. The second kappa shape index (κ2) is 14.4. The van der Waals surface area contributed by atoms with Crippen LogP contribution in [0.2, 0.25) is 0 Å². The highest BCUT2D eigenvalue weighted by Crippen LogP contribution is 2.29. The van der Waals surface area contributed by atoms with E-state index in [-0.39, 0.29) is 12.2 Å². The molecule has 0 aliphatic heterocycles. The van der Waals surface area contributed by atoms with Crippen molar-refractivity contribution < 1.29 is 24.2 Å². The lowest BCUT2D eigenvalue weighted by Gasteiger charge is -2.38. The maximum atomic E-state index is 14.6. The third-order valence-corrected chi connectivity index (χ3v) is 7.01. The number of phenolic OH excluding ortho intramolecular Hbond substituents is 1. The Balaban J connectivity index is 2.11. The molecule has 0 aliphatic carbocycles. The molecule has 3 rings (SSSR count). The number of aromatic hydroxyl groups is 1. The Bertz CT molecular complexity index is 1450. The van der Waals surface area contributed by atoms with Crippen LogP contribution in [0.4, 0.5) is 10.5 Å². The second-order valence-electron chi connectivity index (χ2n) is 11.5. The molecule has 3 N–H and O–H groups in total. The van der Waals surface area contributed by atoms with E-state index >= 15 is 0 Å². The minimum absolute atomic E-state index is 0.0799. The molecule has 3 aromatic carbocycles. The number of carbonyl (C=O) groups is 3. The van der Waals surface area contributed by atoms with Gasteiger partial charge in [-0.25, -0.2) is 4.79 Å². The third kappa shape index (κ3) is 9.11. The lowest BCUT2D eigenvalue weighted by atomic mass is 9.97. The monoisotopic (exact) mass is 583 g/mol. The Labute approximate surface area is 254 Å². The summed E-state index contributed by atoms with van der Waals surface area (Å²) in [6.07, 6.45) is 5.47. The lowest BCUT2D eigenvalue weighted by molar-refractivity contribution is -0.143. The van der Waals surface area contributed by atoms with Crippen molar-refractivity contribution in [3.63, 3.8) is 0 Å². The van der Waals surface area contributed by atoms with Crippen LogP contribution in [0.25, 0.3) is 0 Å². The van der Waals surface area contributed by atoms with E-state index in [0.717, 1.165) is 5.56 Å². The zero-order chi connectivity index (χ0) is 31.7. The first-order valence-electron chi connectivity index (χ1n) is 14.4. The highest BCUT2D eigenvalue weighted by atomic mass is 16.6. The van der Waals surface area contributed by atoms with Crippen LogP contribution in [0.1, 0.15) is 69.3 Å². The maximum Gasteiger partial charge on any atom is 0.408 e. The number of hydrogen-bond acceptors (Lipinski definition) is 5. The summed E-state index contributed by atoms with van der Waals surface area (Å²) in [6, 6.07) is 18.2. The molecule has 43 heavy (non-hydrogen) atoms. The summed E-state index contributed by atoms with van der Waals surface area (Å²) in [5.74, 6) is 1.80. The van der Waals surface area contributed by atoms with Gasteiger partial charge in [0.15, 0.2) is 0 Å². The van der Waals surface area contributed by atoms with Gasteiger partial charge in [0, 0.05) is 23.7 Å². The average Bonchev–Trinajstić information content (AvgIpc) is 2.96. The van der Waals surface area contributed by atoms with Crippen LogP contribution in [0.5, 0.6) is 5.75 Å². The highest BCUT2D eigenvalue weighted by molar-refractivity contribution is 5.99. The molecule has 226 valence electrons. The Morgan fingerprint density at radius 1 is 1.00 bits per heavy atom. The van der Waals surface area contributed by atoms with Gasteiger partial charge in [0.05, 0.1) is 0 Å². The van der Waals surface area contributed by atoms with Gasteiger partial charge in [-0.1, -0.05) is 55.3 Å². The molecule has 0 saturated carbocycles. The van der Waals surface area contributed by atoms with E-state index in [1.165, 1.54) is 17.0 Å². The number of anilines is 1. The van der Waals surface area contributed by atoms with Gasteiger partial charge in [-0.15, -0.1) is 6.42 Å². The average molecular weight is 584 g/mol. The van der Waals surface area contributed by atoms with Crippen molar-refractivity contribution in [1.82, 2.24) is 10.2 Å². The number of amides is 3. The number of benzene rings is 3. The fraction of sp³-hybridized carbons (Fsp3) is 0.343. The van der Waals surface area contributed by atoms with Crippen LogP contribution >= 0.6 is 0 Å². The summed E-state index contributed by atoms with van der Waals surface area (Å²) >= 11 is 0. The third-order valence-electron chi connectivity index (χ3n) is 7.01. The van der Waals surface area contributed by atoms with Gasteiger partial charge in [-0.3, -0.25) is 9.59 Å². The number of alkyl carbamates (subject to hydrolysis) is 1. The quantitative estimate of drug-likeness (QED) is 0.249. The Hall–Kier alpha value is -4.77. The van der Waals surface area contributed by atoms with E-state index in [2.05, 4.69) is 16.6 Å². The largest absolute Gasteiger partial charge is 0.508 e. The van der Waals surface area contributed by atoms with E-state index in [1.807, 2.05) is 39.0 Å². The van der Waals surface area contributed by atoms with Crippen molar-refractivity contribution in [3.8, 4) is 18.1 Å². The molecule has 3 atom stereocenters. The first-order valence-corrected chi connectivity index (χ1v) is 14.4. The van der Waals surface area contributed by atoms with Crippen molar-refractivity contribution >= 4 is 23.6 Å². The van der Waals surface area contributed by atoms with Crippen LogP contribution in [0.15, 0.2) is 72.8 Å². The predicted molar refractivity (Wildman–Crippen MR) is 168 cm³/mol. The van der Waals surface area contributed by atoms with Crippen LogP contribution in [-0.4, -0.2) is 45.6 Å². The molecule has 3 aromatic rings. The maximum absolute atomic E-state index is 14.6. The minimum Gasteiger partial charge on any atom is -0.508 e. The Kier molecular flexibility index (Phi) is 11.0. The molecular formula is C35H41N3O5. The lowest BCUT2D eigenvalue weighted by Crippen LogP contribution is -2.55. The Morgan fingerprint density at radius 3 is 2.19 bits per heavy atom. The number of terminal acetylenes is 1. The van der Waals surface area contributed by atoms with Crippen molar-refractivity contribution in [3.05, 3.63) is 95.1 Å². The number of nitrogens with one attached hydrogen (secondary N) is 2. The minimum atomic E-state index is -1.08. The molecule has 8 heteroatoms. The Morgan fingerprint density at radius 2 is 1.63 bits per heavy atom. The van der Waals surface area contributed by atoms with Crippen molar-refractivity contribution in [2.24, 2.45) is 0 Å². The van der Waals surface area contributed by atoms with E-state index in [4.69, 9.17) is 11.2 Å². The molecule has 3 unspecified atom stereocenters. The normalized spacial score (nSPS) is 13.1. The first kappa shape index (κ1) is 32.7. The van der Waals surface area contributed by atoms with Gasteiger partial charge in [-0.2, -0.15) is 0 Å². The number of ether oxygens (including phenoxy) is 1. The molecule has 0 saturated heterocycles. The predicted octanol–water partition coefficient (Wildman–Crippen LogP) is 6.12. The zero-order valence-electron chi connectivity index (χ0n) is 25.7. The summed E-state index contributed by atoms with van der Waals surface area (Å²) < 4.78 is 5.49. The number of carbonyl (C=O) groups excluding carboxylic acids is 3. The fourth-order valence-corrected chi connectivity index (χ4v) is 4.61. The van der Waals surface area contributed by atoms with Crippen LogP contribution < -0.4 is 10.6 Å². The number of rotatable bonds is 10. The van der Waals surface area contributed by atoms with Gasteiger partial charge in [0.2, 0.25) is 5.91 Å². The smallest absolute Gasteiger partial charge is 0.408 e. The SMILES string of the molecule is C#Cc1ccc(C(C(=O)Nc2ccccc2C)N(C(=O)C(Cc2ccc(O)cc2)NC(=O)OC(C)(C)C)C(C)CC)cc1. The summed E-state index contributed by atoms with van der Waals surface area (Å²) in [6.45, 7) is 10.9. The van der Waals surface area contributed by atoms with Crippen molar-refractivity contribution in [2.75, 3.05) is 5.32 Å². The number of hydrogen-bond donors (Lipinski definition) is 3. The fourth-order valence-electron chi connectivity index (χ4n) is 4.61. The summed E-state index contributed by atoms with van der Waals surface area (Å²) in [5.41, 5.74) is 2.62. The van der Waals surface area contributed by atoms with Gasteiger partial charge < -0.3 is 25.4 Å². The van der Waals surface area contributed by atoms with Crippen LogP contribution in [0, 0.1) is 19.3 Å². The molecule has 0 aromatic heterocycles. The topological polar surface area (TPSA) is 108 Å². The first-order chi connectivity index (χ1) is 20.3. The van der Waals surface area contributed by atoms with Gasteiger partial charge in [-0.05, 0) is 88.1 Å². The van der Waals surface area contributed by atoms with E-state index in [9.17, 15) is 19.5 Å². The molecule has 0 heterocycles. The number of aryl methyl sites for hydroxylation is 1. The number of phenols is 1. The molecule has 8 nitrogen and oxygen atoms in total. The van der Waals surface area contributed by atoms with E-state index in [1.54, 1.807) is 63.2 Å². The molecule has 0 radical (unpaired) electrons. The summed E-state index contributed by atoms with van der Waals surface area (Å²) in [5, 5.41) is 15.5. The standard InChI is InChI=1S/C35H41N3O5/c1-8-24(4)38(33(41)30(37-34(42)43-35(5,6)7)22-26-16-20-28(39)21-17-26)31(27-18-14-25(9-2)15-19-27)32(40)36-29-13-11-10-12-23(29)3/h2,10-21,24,30-31,39H,8,22H2,1,3-7H3,(H,36,40)(H,37,42). The summed E-state index contributed by atoms with van der Waals surface area (Å²) in [7, 11) is 0. The van der Waals surface area contributed by atoms with Crippen molar-refractivity contribution in [2.45, 2.75) is 78.1 Å². The van der Waals surface area contributed by atoms with Crippen LogP contribution in [0.3, 0.4) is 0 Å². The van der Waals surface area contributed by atoms with Gasteiger partial charge in [0.1, 0.15) is 23.4 Å². The molecule has 0 fully saturated rings. The number of para-hydroxylation sites is 1. The van der Waals surface area contributed by atoms with Crippen LogP contribution in [-0.2, 0) is 20.7 Å². The molecule has 0 aliphatic rings. The molecule has 0 bridgehead atoms. The van der Waals surface area contributed by atoms with Gasteiger partial charge in [0.25, 0.3) is 5.91 Å². The molecular weight excluding hydrogens is 542 g/mol. The van der Waals surface area contributed by atoms with Crippen molar-refractivity contribution in [1.29, 1.82) is 0 Å². The number of nitrogens with zero attached hydrogens (tertiary/aromatic N) is 1. The highest BCUT2D eigenvalue weighted by Gasteiger charge is 2.38. The molecule has 3 amide bonds. The van der Waals surface area contributed by atoms with Gasteiger partial charge >= 0.3 is 6.09 Å².